The molecule has 0 bridgehead atoms. The minimum absolute atomic E-state index is 0.0595. The van der Waals surface area contributed by atoms with Gasteiger partial charge in [0.15, 0.2) is 0 Å². The molecule has 0 N–H and O–H groups in total. The Hall–Kier alpha value is -1.62. The lowest BCUT2D eigenvalue weighted by Crippen LogP contribution is -2.32. The molecule has 0 amide bonds. The van der Waals surface area contributed by atoms with Crippen molar-refractivity contribution in [2.24, 2.45) is 5.92 Å². The number of epoxide rings is 1. The molecule has 5 heteroatoms. The monoisotopic (exact) mass is 687 g/mol. The summed E-state index contributed by atoms with van der Waals surface area (Å²) in [5.41, 5.74) is -0.275. The molecule has 2 fully saturated rings. The number of fused-ring (bicyclic) bond motifs is 1. The van der Waals surface area contributed by atoms with E-state index in [-0.39, 0.29) is 23.6 Å². The predicted molar refractivity (Wildman–Crippen MR) is 206 cm³/mol. The summed E-state index contributed by atoms with van der Waals surface area (Å²) in [6, 6.07) is 0. The minimum Gasteiger partial charge on any atom is -0.465 e. The van der Waals surface area contributed by atoms with Crippen molar-refractivity contribution in [1.82, 2.24) is 0 Å². The molecule has 1 heterocycles. The highest BCUT2D eigenvalue weighted by atomic mass is 16.6. The summed E-state index contributed by atoms with van der Waals surface area (Å²) in [7, 11) is 0. The summed E-state index contributed by atoms with van der Waals surface area (Å²) in [5, 5.41) is 0. The number of ether oxygens (including phenoxy) is 3. The molecule has 0 spiro atoms. The average molecular weight is 687 g/mol. The topological polar surface area (TPSA) is 65.1 Å². The van der Waals surface area contributed by atoms with E-state index in [2.05, 4.69) is 38.2 Å². The van der Waals surface area contributed by atoms with E-state index in [1.807, 2.05) is 0 Å². The number of esters is 2. The molecule has 0 aromatic carbocycles. The smallest absolute Gasteiger partial charge is 0.305 e. The summed E-state index contributed by atoms with van der Waals surface area (Å²) in [5.74, 6) is 0.203. The molecular weight excluding hydrogens is 608 g/mol. The molecule has 5 nitrogen and oxygen atoms in total. The van der Waals surface area contributed by atoms with Crippen LogP contribution in [0, 0.1) is 5.92 Å². The van der Waals surface area contributed by atoms with Gasteiger partial charge in [-0.3, -0.25) is 9.59 Å². The van der Waals surface area contributed by atoms with Gasteiger partial charge in [0.1, 0.15) is 12.2 Å². The molecule has 49 heavy (non-hydrogen) atoms. The van der Waals surface area contributed by atoms with Crippen molar-refractivity contribution >= 4 is 11.9 Å². The number of allylic oxidation sites excluding steroid dienone is 4. The lowest BCUT2D eigenvalue weighted by Gasteiger charge is -2.24. The van der Waals surface area contributed by atoms with Crippen molar-refractivity contribution in [3.63, 3.8) is 0 Å². The third kappa shape index (κ3) is 23.5. The fraction of sp³-hybridized carbons (Fsp3) is 0.864. The summed E-state index contributed by atoms with van der Waals surface area (Å²) in [6.07, 6.45) is 46.0. The number of rotatable bonds is 34. The average Bonchev–Trinajstić information content (AvgIpc) is 3.83. The second-order valence-electron chi connectivity index (χ2n) is 15.3. The minimum atomic E-state index is -0.275. The SMILES string of the molecule is CCCCCCCC/C=C\CCCCCCCC(=O)OCC1CCC2(COC(=O)CCCCCCC/C=C\CCCCCCCC)OC2C1. The highest BCUT2D eigenvalue weighted by Gasteiger charge is 2.60. The fourth-order valence-electron chi connectivity index (χ4n) is 7.19. The van der Waals surface area contributed by atoms with E-state index < -0.39 is 0 Å². The molecule has 1 aliphatic heterocycles. The summed E-state index contributed by atoms with van der Waals surface area (Å²) >= 11 is 0. The van der Waals surface area contributed by atoms with Gasteiger partial charge in [-0.15, -0.1) is 0 Å². The van der Waals surface area contributed by atoms with Gasteiger partial charge in [0.05, 0.1) is 12.7 Å². The van der Waals surface area contributed by atoms with Crippen LogP contribution in [-0.2, 0) is 23.8 Å². The summed E-state index contributed by atoms with van der Waals surface area (Å²) in [6.45, 7) is 5.41. The van der Waals surface area contributed by atoms with Gasteiger partial charge in [0.2, 0.25) is 0 Å². The van der Waals surface area contributed by atoms with E-state index in [0.29, 0.717) is 32.0 Å². The Morgan fingerprint density at radius 3 is 1.43 bits per heavy atom. The van der Waals surface area contributed by atoms with Crippen LogP contribution in [0.15, 0.2) is 24.3 Å². The van der Waals surface area contributed by atoms with Crippen molar-refractivity contribution < 1.29 is 23.8 Å². The molecule has 1 saturated carbocycles. The first-order valence-corrected chi connectivity index (χ1v) is 21.4. The van der Waals surface area contributed by atoms with Gasteiger partial charge in [0, 0.05) is 12.8 Å². The van der Waals surface area contributed by atoms with Gasteiger partial charge >= 0.3 is 11.9 Å². The van der Waals surface area contributed by atoms with Crippen LogP contribution in [0.5, 0.6) is 0 Å². The van der Waals surface area contributed by atoms with Gasteiger partial charge in [-0.05, 0) is 89.4 Å². The van der Waals surface area contributed by atoms with Crippen LogP contribution in [0.2, 0.25) is 0 Å². The maximum atomic E-state index is 12.3. The Morgan fingerprint density at radius 1 is 0.571 bits per heavy atom. The fourth-order valence-corrected chi connectivity index (χ4v) is 7.19. The van der Waals surface area contributed by atoms with Crippen LogP contribution in [0.1, 0.15) is 213 Å². The largest absolute Gasteiger partial charge is 0.465 e. The second kappa shape index (κ2) is 30.0. The Morgan fingerprint density at radius 2 is 0.980 bits per heavy atom. The predicted octanol–water partition coefficient (Wildman–Crippen LogP) is 13.1. The molecule has 0 radical (unpaired) electrons. The van der Waals surface area contributed by atoms with Gasteiger partial charge in [-0.2, -0.15) is 0 Å². The maximum absolute atomic E-state index is 12.3. The molecular formula is C44H78O5. The van der Waals surface area contributed by atoms with Crippen LogP contribution >= 0.6 is 0 Å². The van der Waals surface area contributed by atoms with Gasteiger partial charge in [-0.1, -0.05) is 141 Å². The van der Waals surface area contributed by atoms with Crippen LogP contribution in [0.3, 0.4) is 0 Å². The number of unbranched alkanes of at least 4 members (excludes halogenated alkanes) is 22. The molecule has 0 aromatic rings. The van der Waals surface area contributed by atoms with Crippen molar-refractivity contribution in [3.8, 4) is 0 Å². The Balaban J connectivity index is 1.34. The zero-order valence-corrected chi connectivity index (χ0v) is 32.3. The number of hydrogen-bond donors (Lipinski definition) is 0. The van der Waals surface area contributed by atoms with Crippen molar-refractivity contribution in [2.75, 3.05) is 13.2 Å². The molecule has 3 atom stereocenters. The Labute approximate surface area is 303 Å². The van der Waals surface area contributed by atoms with Crippen LogP contribution in [0.4, 0.5) is 0 Å². The van der Waals surface area contributed by atoms with E-state index in [0.717, 1.165) is 44.9 Å². The van der Waals surface area contributed by atoms with E-state index in [1.54, 1.807) is 0 Å². The molecule has 0 aromatic heterocycles. The van der Waals surface area contributed by atoms with E-state index in [9.17, 15) is 9.59 Å². The molecule has 284 valence electrons. The van der Waals surface area contributed by atoms with E-state index in [1.165, 1.54) is 141 Å². The number of hydrogen-bond acceptors (Lipinski definition) is 5. The number of carbonyl (C=O) groups excluding carboxylic acids is 2. The molecule has 2 rings (SSSR count). The van der Waals surface area contributed by atoms with Gasteiger partial charge < -0.3 is 14.2 Å². The first kappa shape index (κ1) is 43.5. The molecule has 3 unspecified atom stereocenters. The highest BCUT2D eigenvalue weighted by Crippen LogP contribution is 2.50. The second-order valence-corrected chi connectivity index (χ2v) is 15.3. The molecule has 2 aliphatic rings. The summed E-state index contributed by atoms with van der Waals surface area (Å²) in [4.78, 5) is 24.6. The highest BCUT2D eigenvalue weighted by molar-refractivity contribution is 5.69. The third-order valence-electron chi connectivity index (χ3n) is 10.7. The van der Waals surface area contributed by atoms with Crippen LogP contribution in [0.25, 0.3) is 0 Å². The van der Waals surface area contributed by atoms with Crippen LogP contribution < -0.4 is 0 Å². The quantitative estimate of drug-likeness (QED) is 0.0292. The standard InChI is InChI=1S/C44H78O5/c1-3-5-7-9-11-13-15-17-19-21-23-25-27-29-31-33-42(45)47-38-40-35-36-44(41(37-40)49-44)39-48-43(46)34-32-30-28-26-24-22-20-18-16-14-12-10-8-6-4-2/h17-20,40-41H,3-16,21-39H2,1-2H3/b19-17-,20-18-. The van der Waals surface area contributed by atoms with Gasteiger partial charge in [-0.25, -0.2) is 0 Å². The molecule has 1 aliphatic carbocycles. The van der Waals surface area contributed by atoms with Gasteiger partial charge in [0.25, 0.3) is 0 Å². The maximum Gasteiger partial charge on any atom is 0.305 e. The van der Waals surface area contributed by atoms with E-state index >= 15 is 0 Å². The Bertz CT molecular complexity index is 865. The van der Waals surface area contributed by atoms with Crippen LogP contribution in [-0.4, -0.2) is 36.9 Å². The van der Waals surface area contributed by atoms with Crippen molar-refractivity contribution in [3.05, 3.63) is 24.3 Å². The van der Waals surface area contributed by atoms with Crippen molar-refractivity contribution in [2.45, 2.75) is 225 Å². The lowest BCUT2D eigenvalue weighted by atomic mass is 9.83. The van der Waals surface area contributed by atoms with Crippen molar-refractivity contribution in [1.29, 1.82) is 0 Å². The normalized spacial score (nSPS) is 20.2. The zero-order chi connectivity index (χ0) is 35.1. The molecule has 1 saturated heterocycles. The Kier molecular flexibility index (Phi) is 26.7. The lowest BCUT2D eigenvalue weighted by molar-refractivity contribution is -0.147. The van der Waals surface area contributed by atoms with E-state index in [4.69, 9.17) is 14.2 Å². The summed E-state index contributed by atoms with van der Waals surface area (Å²) < 4.78 is 17.3. The first-order chi connectivity index (χ1) is 24.1. The first-order valence-electron chi connectivity index (χ1n) is 21.4. The number of carbonyl (C=O) groups is 2. The third-order valence-corrected chi connectivity index (χ3v) is 10.7. The zero-order valence-electron chi connectivity index (χ0n) is 32.3.